The van der Waals surface area contributed by atoms with E-state index < -0.39 is 0 Å². The predicted octanol–water partition coefficient (Wildman–Crippen LogP) is 13.0. The lowest BCUT2D eigenvalue weighted by Gasteiger charge is -2.26. The summed E-state index contributed by atoms with van der Waals surface area (Å²) in [6, 6.07) is 72.1. The third-order valence-corrected chi connectivity index (χ3v) is 10.1. The number of benzene rings is 8. The summed E-state index contributed by atoms with van der Waals surface area (Å²) in [4.78, 5) is 2.35. The lowest BCUT2D eigenvalue weighted by molar-refractivity contribution is 1.18. The molecular weight excluding hydrogens is 619 g/mol. The van der Waals surface area contributed by atoms with Crippen molar-refractivity contribution in [3.8, 4) is 22.5 Å². The molecule has 0 N–H and O–H groups in total. The molecule has 0 radical (unpaired) electrons. The fraction of sp³-hybridized carbons (Fsp3) is 0. The molecule has 0 bridgehead atoms. The Bertz CT molecular complexity index is 2830. The molecule has 2 aromatic heterocycles. The molecule has 0 spiro atoms. The van der Waals surface area contributed by atoms with Crippen LogP contribution in [0.4, 0.5) is 17.1 Å². The van der Waals surface area contributed by atoms with Gasteiger partial charge in [-0.1, -0.05) is 115 Å². The van der Waals surface area contributed by atoms with Crippen molar-refractivity contribution < 1.29 is 0 Å². The summed E-state index contributed by atoms with van der Waals surface area (Å²) in [6.07, 6.45) is 0. The van der Waals surface area contributed by atoms with E-state index in [0.717, 1.165) is 22.7 Å². The first-order valence-corrected chi connectivity index (χ1v) is 17.4. The van der Waals surface area contributed by atoms with Crippen LogP contribution in [0.1, 0.15) is 0 Å². The molecule has 2 heterocycles. The van der Waals surface area contributed by atoms with Crippen molar-refractivity contribution in [3.63, 3.8) is 0 Å². The third kappa shape index (κ3) is 4.82. The van der Waals surface area contributed by atoms with E-state index in [1.165, 1.54) is 60.4 Å². The van der Waals surface area contributed by atoms with Gasteiger partial charge in [0.1, 0.15) is 0 Å². The van der Waals surface area contributed by atoms with Crippen LogP contribution in [0.2, 0.25) is 0 Å². The standard InChI is InChI=1S/C48H33N3/c1-4-14-36(15-5-1)49(40-29-30-43-41-20-10-12-22-45(41)51(48(43)33-40)38-18-8-3-9-19-38)39-27-24-34(25-28-39)35-26-31-47-44(32-35)42-21-11-13-23-46(42)50(47)37-16-6-2-7-17-37/h1-33H. The highest BCUT2D eigenvalue weighted by Crippen LogP contribution is 2.41. The summed E-state index contributed by atoms with van der Waals surface area (Å²) in [5.74, 6) is 0. The van der Waals surface area contributed by atoms with E-state index in [2.05, 4.69) is 214 Å². The molecule has 0 unspecified atom stereocenters. The molecule has 0 saturated carbocycles. The molecule has 0 amide bonds. The van der Waals surface area contributed by atoms with Gasteiger partial charge in [0.2, 0.25) is 0 Å². The number of hydrogen-bond acceptors (Lipinski definition) is 1. The molecule has 0 aliphatic heterocycles. The normalized spacial score (nSPS) is 11.5. The average Bonchev–Trinajstić information content (AvgIpc) is 3.72. The maximum Gasteiger partial charge on any atom is 0.0561 e. The second-order valence-corrected chi connectivity index (χ2v) is 13.0. The van der Waals surface area contributed by atoms with Crippen LogP contribution in [0, 0.1) is 0 Å². The molecule has 240 valence electrons. The summed E-state index contributed by atoms with van der Waals surface area (Å²) in [7, 11) is 0. The average molecular weight is 652 g/mol. The van der Waals surface area contributed by atoms with Crippen LogP contribution in [0.15, 0.2) is 200 Å². The highest BCUT2D eigenvalue weighted by molar-refractivity contribution is 6.11. The van der Waals surface area contributed by atoms with E-state index in [1.807, 2.05) is 0 Å². The summed E-state index contributed by atoms with van der Waals surface area (Å²) in [5, 5.41) is 5.00. The minimum atomic E-state index is 1.11. The number of para-hydroxylation sites is 5. The maximum atomic E-state index is 2.38. The predicted molar refractivity (Wildman–Crippen MR) is 215 cm³/mol. The highest BCUT2D eigenvalue weighted by atomic mass is 15.1. The second kappa shape index (κ2) is 11.9. The minimum absolute atomic E-state index is 1.11. The number of aromatic nitrogens is 2. The topological polar surface area (TPSA) is 13.1 Å². The van der Waals surface area contributed by atoms with Gasteiger partial charge in [-0.05, 0) is 96.1 Å². The van der Waals surface area contributed by atoms with Crippen LogP contribution >= 0.6 is 0 Å². The molecule has 0 fully saturated rings. The van der Waals surface area contributed by atoms with Crippen LogP contribution < -0.4 is 4.90 Å². The van der Waals surface area contributed by atoms with Crippen molar-refractivity contribution in [2.45, 2.75) is 0 Å². The van der Waals surface area contributed by atoms with Gasteiger partial charge in [0.25, 0.3) is 0 Å². The van der Waals surface area contributed by atoms with Crippen molar-refractivity contribution in [3.05, 3.63) is 200 Å². The Morgan fingerprint density at radius 3 is 1.37 bits per heavy atom. The number of fused-ring (bicyclic) bond motifs is 6. The fourth-order valence-corrected chi connectivity index (χ4v) is 7.79. The first-order chi connectivity index (χ1) is 25.3. The second-order valence-electron chi connectivity index (χ2n) is 13.0. The molecule has 3 heteroatoms. The monoisotopic (exact) mass is 651 g/mol. The molecule has 0 aliphatic rings. The summed E-state index contributed by atoms with van der Waals surface area (Å²) < 4.78 is 4.74. The van der Waals surface area contributed by atoms with E-state index in [4.69, 9.17) is 0 Å². The van der Waals surface area contributed by atoms with Crippen LogP contribution in [-0.2, 0) is 0 Å². The first-order valence-electron chi connectivity index (χ1n) is 17.4. The smallest absolute Gasteiger partial charge is 0.0561 e. The van der Waals surface area contributed by atoms with Gasteiger partial charge in [-0.25, -0.2) is 0 Å². The Hall–Kier alpha value is -6.84. The van der Waals surface area contributed by atoms with Crippen LogP contribution in [0.5, 0.6) is 0 Å². The largest absolute Gasteiger partial charge is 0.310 e. The zero-order valence-electron chi connectivity index (χ0n) is 27.9. The molecular formula is C48H33N3. The number of hydrogen-bond donors (Lipinski definition) is 0. The SMILES string of the molecule is c1ccc(N(c2ccc(-c3ccc4c(c3)c3ccccc3n4-c3ccccc3)cc2)c2ccc3c4ccccc4n(-c4ccccc4)c3c2)cc1. The fourth-order valence-electron chi connectivity index (χ4n) is 7.79. The van der Waals surface area contributed by atoms with Crippen molar-refractivity contribution in [1.29, 1.82) is 0 Å². The molecule has 10 aromatic rings. The van der Waals surface area contributed by atoms with Gasteiger partial charge in [-0.3, -0.25) is 0 Å². The Labute approximate surface area is 296 Å². The zero-order valence-corrected chi connectivity index (χ0v) is 27.9. The van der Waals surface area contributed by atoms with Crippen molar-refractivity contribution >= 4 is 60.7 Å². The molecule has 51 heavy (non-hydrogen) atoms. The van der Waals surface area contributed by atoms with Crippen molar-refractivity contribution in [1.82, 2.24) is 9.13 Å². The summed E-state index contributed by atoms with van der Waals surface area (Å²) in [6.45, 7) is 0. The summed E-state index contributed by atoms with van der Waals surface area (Å²) >= 11 is 0. The molecule has 0 aliphatic carbocycles. The van der Waals surface area contributed by atoms with Crippen molar-refractivity contribution in [2.24, 2.45) is 0 Å². The number of anilines is 3. The quantitative estimate of drug-likeness (QED) is 0.174. The minimum Gasteiger partial charge on any atom is -0.310 e. The lowest BCUT2D eigenvalue weighted by atomic mass is 10.0. The highest BCUT2D eigenvalue weighted by Gasteiger charge is 2.18. The molecule has 10 rings (SSSR count). The van der Waals surface area contributed by atoms with Gasteiger partial charge in [0, 0.05) is 50.0 Å². The van der Waals surface area contributed by atoms with Gasteiger partial charge in [-0.2, -0.15) is 0 Å². The first kappa shape index (κ1) is 29.1. The van der Waals surface area contributed by atoms with E-state index in [0.29, 0.717) is 0 Å². The zero-order chi connectivity index (χ0) is 33.7. The van der Waals surface area contributed by atoms with E-state index in [9.17, 15) is 0 Å². The molecule has 0 atom stereocenters. The Balaban J connectivity index is 1.09. The van der Waals surface area contributed by atoms with Crippen LogP contribution in [0.25, 0.3) is 66.1 Å². The number of nitrogens with zero attached hydrogens (tertiary/aromatic N) is 3. The van der Waals surface area contributed by atoms with Crippen molar-refractivity contribution in [2.75, 3.05) is 4.90 Å². The number of rotatable bonds is 6. The van der Waals surface area contributed by atoms with E-state index in [1.54, 1.807) is 0 Å². The Morgan fingerprint density at radius 1 is 0.275 bits per heavy atom. The van der Waals surface area contributed by atoms with E-state index in [-0.39, 0.29) is 0 Å². The molecule has 8 aromatic carbocycles. The summed E-state index contributed by atoms with van der Waals surface area (Å²) in [5.41, 5.74) is 12.8. The van der Waals surface area contributed by atoms with Gasteiger partial charge in [-0.15, -0.1) is 0 Å². The van der Waals surface area contributed by atoms with Gasteiger partial charge in [0.15, 0.2) is 0 Å². The molecule has 3 nitrogen and oxygen atoms in total. The lowest BCUT2D eigenvalue weighted by Crippen LogP contribution is -2.10. The maximum absolute atomic E-state index is 2.38. The van der Waals surface area contributed by atoms with Gasteiger partial charge < -0.3 is 14.0 Å². The van der Waals surface area contributed by atoms with Gasteiger partial charge >= 0.3 is 0 Å². The Kier molecular flexibility index (Phi) is 6.81. The van der Waals surface area contributed by atoms with Gasteiger partial charge in [0.05, 0.1) is 22.1 Å². The van der Waals surface area contributed by atoms with E-state index >= 15 is 0 Å². The van der Waals surface area contributed by atoms with Crippen LogP contribution in [-0.4, -0.2) is 9.13 Å². The van der Waals surface area contributed by atoms with Crippen LogP contribution in [0.3, 0.4) is 0 Å². The Morgan fingerprint density at radius 2 is 0.725 bits per heavy atom. The molecule has 0 saturated heterocycles. The third-order valence-electron chi connectivity index (χ3n) is 10.1.